The van der Waals surface area contributed by atoms with E-state index in [9.17, 15) is 25.5 Å². The molecule has 5 N–H and O–H groups in total. The van der Waals surface area contributed by atoms with Crippen molar-refractivity contribution in [3.8, 4) is 23.0 Å². The quantitative estimate of drug-likeness (QED) is 0.0596. The van der Waals surface area contributed by atoms with Crippen molar-refractivity contribution >= 4 is 0 Å². The fourth-order valence-electron chi connectivity index (χ4n) is 12.4. The van der Waals surface area contributed by atoms with Crippen LogP contribution in [0.3, 0.4) is 0 Å². The van der Waals surface area contributed by atoms with Crippen molar-refractivity contribution in [2.24, 2.45) is 5.92 Å². The average Bonchev–Trinajstić information content (AvgIpc) is 4.30. The standard InChI is InChI=1S/C40H42O7.C25H30O8/c1-27-37(44-23-28-8-4-2-5-9-28)38(45-24-29-10-6-3-7-11-29)40(46-26-39(27,25-41)47-40)33-15-16-34(31-13-14-31)32(22-33)20-30-12-17-35-36(21-30)43-19-18-42-35;1-2-3-16-5-6-18(25-23(29)21(27)22(28)24(13-26,33-25)14-32-25)12-17(16)10-15-4-7-19-20(11-15)31-9-8-30-19/h2-12,15-17,21-22,27,31,37-38,41H,13-14,18-20,23-26H2,1H3;4-7,11-12,21-23,26-29H,2-3,8-10,13-14H2,1H3/t27-,37-,38+,39-,40-;21-,22-,23+,24-,25-/m00/s1. The molecule has 0 spiro atoms. The lowest BCUT2D eigenvalue weighted by atomic mass is 9.77. The molecule has 4 bridgehead atoms. The number of rotatable bonds is 17. The first-order valence-electron chi connectivity index (χ1n) is 28.3. The molecule has 6 aromatic carbocycles. The number of aliphatic hydroxyl groups excluding tert-OH is 5. The van der Waals surface area contributed by atoms with E-state index in [4.69, 9.17) is 47.4 Å². The molecule has 6 heterocycles. The molecular weight excluding hydrogens is 1020 g/mol. The second-order valence-corrected chi connectivity index (χ2v) is 22.4. The van der Waals surface area contributed by atoms with Gasteiger partial charge in [-0.15, -0.1) is 0 Å². The maximum absolute atomic E-state index is 10.9. The van der Waals surface area contributed by atoms with Crippen molar-refractivity contribution in [2.75, 3.05) is 52.9 Å². The van der Waals surface area contributed by atoms with Crippen molar-refractivity contribution in [3.05, 3.63) is 189 Å². The lowest BCUT2D eigenvalue weighted by Gasteiger charge is -2.50. The molecule has 0 unspecified atom stereocenters. The summed E-state index contributed by atoms with van der Waals surface area (Å²) >= 11 is 0. The minimum atomic E-state index is -1.67. The SMILES string of the molecule is CCCc1ccc([C@]23OC[C@](CO)(O2)[C@@H](O)[C@H](O)[C@H]3O)cc1Cc1ccc2c(c1)OCCO2.C[C@H]1[C@H](OCc2ccccc2)[C@@H](OCc2ccccc2)[C@@]2(c3ccc(C4CC4)c(Cc4ccc5c(c4)OCCO5)c3)OC[C@]1(CO)O2. The highest BCUT2D eigenvalue weighted by atomic mass is 16.8. The van der Waals surface area contributed by atoms with Crippen molar-refractivity contribution in [2.45, 2.75) is 125 Å². The summed E-state index contributed by atoms with van der Waals surface area (Å²) in [5, 5.41) is 52.5. The molecule has 0 radical (unpaired) electrons. The van der Waals surface area contributed by atoms with E-state index in [0.717, 1.165) is 81.2 Å². The maximum Gasteiger partial charge on any atom is 0.225 e. The predicted octanol–water partition coefficient (Wildman–Crippen LogP) is 7.71. The van der Waals surface area contributed by atoms with Crippen molar-refractivity contribution in [1.29, 1.82) is 0 Å². The highest BCUT2D eigenvalue weighted by Crippen LogP contribution is 2.55. The van der Waals surface area contributed by atoms with Crippen LogP contribution in [0, 0.1) is 5.92 Å². The van der Waals surface area contributed by atoms with Crippen LogP contribution in [0.25, 0.3) is 0 Å². The summed E-state index contributed by atoms with van der Waals surface area (Å²) in [7, 11) is 0. The van der Waals surface area contributed by atoms with Crippen LogP contribution >= 0.6 is 0 Å². The third kappa shape index (κ3) is 10.3. The van der Waals surface area contributed by atoms with Gasteiger partial charge in [0.25, 0.3) is 0 Å². The Morgan fingerprint density at radius 1 is 0.525 bits per heavy atom. The lowest BCUT2D eigenvalue weighted by Crippen LogP contribution is -2.65. The Kier molecular flexibility index (Phi) is 15.6. The number of aliphatic hydroxyl groups is 5. The number of benzene rings is 6. The van der Waals surface area contributed by atoms with E-state index in [1.54, 1.807) is 0 Å². The summed E-state index contributed by atoms with van der Waals surface area (Å²) < 4.78 is 62.3. The molecule has 80 heavy (non-hydrogen) atoms. The van der Waals surface area contributed by atoms with Crippen LogP contribution in [0.2, 0.25) is 0 Å². The summed E-state index contributed by atoms with van der Waals surface area (Å²) in [6, 6.07) is 44.8. The van der Waals surface area contributed by atoms with Gasteiger partial charge >= 0.3 is 0 Å². The Labute approximate surface area is 466 Å². The molecule has 13 rings (SSSR count). The van der Waals surface area contributed by atoms with E-state index < -0.39 is 59.9 Å². The van der Waals surface area contributed by atoms with Gasteiger partial charge < -0.3 is 72.9 Å². The zero-order valence-corrected chi connectivity index (χ0v) is 45.4. The summed E-state index contributed by atoms with van der Waals surface area (Å²) in [6.45, 7) is 6.51. The monoisotopic (exact) mass is 1090 g/mol. The van der Waals surface area contributed by atoms with E-state index >= 15 is 0 Å². The minimum Gasteiger partial charge on any atom is -0.486 e. The molecule has 1 saturated carbocycles. The third-order valence-corrected chi connectivity index (χ3v) is 17.1. The van der Waals surface area contributed by atoms with Gasteiger partial charge in [-0.05, 0) is 119 Å². The summed E-state index contributed by atoms with van der Waals surface area (Å²) in [5.41, 5.74) is 8.09. The molecule has 6 aliphatic heterocycles. The average molecular weight is 1090 g/mol. The first-order chi connectivity index (χ1) is 39.0. The second kappa shape index (κ2) is 22.8. The van der Waals surface area contributed by atoms with Crippen LogP contribution in [0.15, 0.2) is 133 Å². The molecular formula is C65H72O15. The third-order valence-electron chi connectivity index (χ3n) is 17.1. The number of hydrogen-bond donors (Lipinski definition) is 5. The molecule has 4 saturated heterocycles. The van der Waals surface area contributed by atoms with E-state index in [0.29, 0.717) is 57.5 Å². The van der Waals surface area contributed by atoms with Crippen LogP contribution < -0.4 is 18.9 Å². The molecule has 15 nitrogen and oxygen atoms in total. The van der Waals surface area contributed by atoms with Gasteiger partial charge in [-0.25, -0.2) is 0 Å². The molecule has 7 aliphatic rings. The van der Waals surface area contributed by atoms with E-state index in [1.807, 2.05) is 78.9 Å². The molecule has 15 heteroatoms. The first kappa shape index (κ1) is 54.7. The zero-order chi connectivity index (χ0) is 55.1. The Hall–Kier alpha value is -5.92. The lowest BCUT2D eigenvalue weighted by molar-refractivity contribution is -0.336. The van der Waals surface area contributed by atoms with Crippen LogP contribution in [0.1, 0.15) is 94.7 Å². The number of fused-ring (bicyclic) bond motifs is 6. The van der Waals surface area contributed by atoms with Crippen molar-refractivity contribution < 1.29 is 72.9 Å². The van der Waals surface area contributed by atoms with E-state index in [2.05, 4.69) is 68.4 Å². The topological polar surface area (TPSA) is 193 Å². The Bertz CT molecular complexity index is 3120. The smallest absolute Gasteiger partial charge is 0.225 e. The van der Waals surface area contributed by atoms with Crippen molar-refractivity contribution in [3.63, 3.8) is 0 Å². The fraction of sp³-hybridized carbons (Fsp3) is 0.446. The first-order valence-corrected chi connectivity index (χ1v) is 28.3. The summed E-state index contributed by atoms with van der Waals surface area (Å²) in [5.74, 6) is 0.450. The van der Waals surface area contributed by atoms with Crippen LogP contribution in [0.4, 0.5) is 0 Å². The van der Waals surface area contributed by atoms with Crippen LogP contribution in [0.5, 0.6) is 23.0 Å². The molecule has 0 aromatic heterocycles. The van der Waals surface area contributed by atoms with Gasteiger partial charge in [0.1, 0.15) is 62.0 Å². The molecule has 422 valence electrons. The predicted molar refractivity (Wildman–Crippen MR) is 294 cm³/mol. The van der Waals surface area contributed by atoms with Gasteiger partial charge in [0.2, 0.25) is 11.6 Å². The fourth-order valence-corrected chi connectivity index (χ4v) is 12.4. The number of ether oxygens (including phenoxy) is 10. The second-order valence-electron chi connectivity index (χ2n) is 22.4. The van der Waals surface area contributed by atoms with Gasteiger partial charge in [-0.2, -0.15) is 0 Å². The molecule has 5 fully saturated rings. The van der Waals surface area contributed by atoms with Crippen LogP contribution in [-0.4, -0.2) is 120 Å². The maximum atomic E-state index is 10.9. The highest BCUT2D eigenvalue weighted by molar-refractivity contribution is 5.49. The van der Waals surface area contributed by atoms with Crippen molar-refractivity contribution in [1.82, 2.24) is 0 Å². The Morgan fingerprint density at radius 3 is 1.68 bits per heavy atom. The van der Waals surface area contributed by atoms with Gasteiger partial charge in [0.15, 0.2) is 23.0 Å². The zero-order valence-electron chi connectivity index (χ0n) is 45.4. The van der Waals surface area contributed by atoms with Gasteiger partial charge in [0, 0.05) is 17.0 Å². The van der Waals surface area contributed by atoms with Gasteiger partial charge in [-0.3, -0.25) is 0 Å². The molecule has 1 aliphatic carbocycles. The molecule has 6 aromatic rings. The Morgan fingerprint density at radius 2 is 1.06 bits per heavy atom. The van der Waals surface area contributed by atoms with E-state index in [1.165, 1.54) is 24.0 Å². The number of hydrogen-bond acceptors (Lipinski definition) is 15. The largest absolute Gasteiger partial charge is 0.486 e. The molecule has 0 amide bonds. The molecule has 10 atom stereocenters. The minimum absolute atomic E-state index is 0.146. The van der Waals surface area contributed by atoms with Gasteiger partial charge in [-0.1, -0.05) is 117 Å². The van der Waals surface area contributed by atoms with Gasteiger partial charge in [0.05, 0.1) is 45.7 Å². The van der Waals surface area contributed by atoms with Crippen LogP contribution in [-0.2, 0) is 72.5 Å². The number of aryl methyl sites for hydroxylation is 1. The van der Waals surface area contributed by atoms with E-state index in [-0.39, 0.29) is 25.7 Å². The highest BCUT2D eigenvalue weighted by Gasteiger charge is 2.68. The Balaban J connectivity index is 0.000000170. The summed E-state index contributed by atoms with van der Waals surface area (Å²) in [6.07, 6.45) is 0.0446. The summed E-state index contributed by atoms with van der Waals surface area (Å²) in [4.78, 5) is 0. The normalized spacial score (nSPS) is 29.9.